The van der Waals surface area contributed by atoms with Crippen molar-refractivity contribution in [3.8, 4) is 61.4 Å². The summed E-state index contributed by atoms with van der Waals surface area (Å²) in [4.78, 5) is 25.0. The highest BCUT2D eigenvalue weighted by Gasteiger charge is 2.38. The lowest BCUT2D eigenvalue weighted by Crippen LogP contribution is -2.30. The van der Waals surface area contributed by atoms with Crippen LogP contribution >= 0.6 is 11.3 Å². The standard InChI is InChI=1S/C69H46N6S/c1-69(2)54-40-48(47-32-35-58-53(39-47)63-51-28-16-15-19-43(51)31-38-61(63)75(58)68-71-56-30-18-17-29-52(56)64(73-68)45-22-9-4-10-23-45)33-36-59(54)74(50-26-13-6-14-27-50)60-37-34-49(41-55(60)69)67-70-57-42-62(44-20-7-3-8-21-44)76-66(57)65(72-67)46-24-11-5-12-25-46/h3-42H,1-2H3. The number of anilines is 3. The van der Waals surface area contributed by atoms with Gasteiger partial charge >= 0.3 is 0 Å². The van der Waals surface area contributed by atoms with Gasteiger partial charge in [0.2, 0.25) is 5.95 Å². The first-order chi connectivity index (χ1) is 37.4. The predicted octanol–water partition coefficient (Wildman–Crippen LogP) is 18.3. The molecule has 0 spiro atoms. The maximum Gasteiger partial charge on any atom is 0.235 e. The first-order valence-corrected chi connectivity index (χ1v) is 26.6. The van der Waals surface area contributed by atoms with E-state index in [2.05, 4.69) is 260 Å². The minimum absolute atomic E-state index is 0.419. The first-order valence-electron chi connectivity index (χ1n) is 25.8. The van der Waals surface area contributed by atoms with Crippen LogP contribution in [0, 0.1) is 0 Å². The molecule has 6 nitrogen and oxygen atoms in total. The Morgan fingerprint density at radius 3 is 1.71 bits per heavy atom. The summed E-state index contributed by atoms with van der Waals surface area (Å²) in [6, 6.07) is 86.7. The number of aromatic nitrogens is 5. The molecular weight excluding hydrogens is 945 g/mol. The van der Waals surface area contributed by atoms with E-state index in [1.165, 1.54) is 37.7 Å². The molecule has 76 heavy (non-hydrogen) atoms. The minimum atomic E-state index is -0.419. The average molecular weight is 991 g/mol. The molecule has 15 rings (SSSR count). The molecule has 4 aromatic heterocycles. The second kappa shape index (κ2) is 17.3. The van der Waals surface area contributed by atoms with Crippen molar-refractivity contribution in [3.63, 3.8) is 0 Å². The van der Waals surface area contributed by atoms with Crippen LogP contribution in [0.25, 0.3) is 115 Å². The Balaban J connectivity index is 0.900. The van der Waals surface area contributed by atoms with Gasteiger partial charge in [0.15, 0.2) is 5.82 Å². The first kappa shape index (κ1) is 44.0. The molecule has 0 amide bonds. The summed E-state index contributed by atoms with van der Waals surface area (Å²) >= 11 is 1.75. The number of hydrogen-bond acceptors (Lipinski definition) is 6. The fraction of sp³-hybridized carbons (Fsp3) is 0.0435. The van der Waals surface area contributed by atoms with E-state index in [-0.39, 0.29) is 0 Å². The van der Waals surface area contributed by atoms with Crippen LogP contribution in [0.1, 0.15) is 25.0 Å². The number of thiophene rings is 1. The third kappa shape index (κ3) is 7.00. The SMILES string of the molecule is CC1(C)c2cc(-c3ccc4c(c3)c3c5ccccc5ccc3n4-c3nc(-c4ccccc4)c4ccccc4n3)ccc2N(c2ccccc2)c2ccc(-c3nc(-c4ccccc4)c4sc(-c5ccccc5)cc4n3)cc21. The van der Waals surface area contributed by atoms with E-state index in [4.69, 9.17) is 19.9 Å². The summed E-state index contributed by atoms with van der Waals surface area (Å²) in [5, 5.41) is 5.73. The molecule has 0 bridgehead atoms. The predicted molar refractivity (Wildman–Crippen MR) is 316 cm³/mol. The van der Waals surface area contributed by atoms with Crippen molar-refractivity contribution in [3.05, 3.63) is 254 Å². The zero-order chi connectivity index (χ0) is 50.5. The Morgan fingerprint density at radius 1 is 0.395 bits per heavy atom. The van der Waals surface area contributed by atoms with Crippen molar-refractivity contribution in [2.24, 2.45) is 0 Å². The zero-order valence-electron chi connectivity index (χ0n) is 41.7. The fourth-order valence-electron chi connectivity index (χ4n) is 11.7. The van der Waals surface area contributed by atoms with Crippen molar-refractivity contribution in [2.75, 3.05) is 4.90 Å². The van der Waals surface area contributed by atoms with E-state index in [0.717, 1.165) is 93.8 Å². The molecular formula is C69H46N6S. The highest BCUT2D eigenvalue weighted by Crippen LogP contribution is 2.54. The van der Waals surface area contributed by atoms with Crippen molar-refractivity contribution in [1.29, 1.82) is 0 Å². The molecule has 358 valence electrons. The van der Waals surface area contributed by atoms with Gasteiger partial charge < -0.3 is 4.90 Å². The molecule has 14 aromatic rings. The van der Waals surface area contributed by atoms with Gasteiger partial charge in [-0.1, -0.05) is 184 Å². The van der Waals surface area contributed by atoms with Gasteiger partial charge in [0, 0.05) is 48.8 Å². The number of rotatable bonds is 7. The summed E-state index contributed by atoms with van der Waals surface area (Å²) in [6.45, 7) is 4.72. The Labute approximate surface area is 443 Å². The number of para-hydroxylation sites is 2. The largest absolute Gasteiger partial charge is 0.310 e. The molecule has 0 saturated carbocycles. The summed E-state index contributed by atoms with van der Waals surface area (Å²) in [5.41, 5.74) is 17.8. The molecule has 5 heterocycles. The summed E-state index contributed by atoms with van der Waals surface area (Å²) in [5.74, 6) is 1.35. The van der Waals surface area contributed by atoms with Gasteiger partial charge in [0.1, 0.15) is 0 Å². The number of benzene rings is 10. The van der Waals surface area contributed by atoms with Gasteiger partial charge in [-0.05, 0) is 111 Å². The van der Waals surface area contributed by atoms with E-state index in [0.29, 0.717) is 11.8 Å². The van der Waals surface area contributed by atoms with E-state index >= 15 is 0 Å². The van der Waals surface area contributed by atoms with Gasteiger partial charge in [-0.3, -0.25) is 4.57 Å². The molecule has 0 fully saturated rings. The van der Waals surface area contributed by atoms with Crippen LogP contribution in [0.15, 0.2) is 243 Å². The van der Waals surface area contributed by atoms with Crippen LogP contribution in [-0.2, 0) is 5.41 Å². The molecule has 0 radical (unpaired) electrons. The van der Waals surface area contributed by atoms with E-state index in [1.807, 2.05) is 6.07 Å². The van der Waals surface area contributed by atoms with Gasteiger partial charge in [0.05, 0.1) is 49.5 Å². The lowest BCUT2D eigenvalue weighted by molar-refractivity contribution is 0.632. The van der Waals surface area contributed by atoms with Crippen LogP contribution in [0.4, 0.5) is 17.1 Å². The summed E-state index contributed by atoms with van der Waals surface area (Å²) in [6.07, 6.45) is 0. The smallest absolute Gasteiger partial charge is 0.235 e. The Hall–Kier alpha value is -9.56. The maximum absolute atomic E-state index is 5.41. The fourth-order valence-corrected chi connectivity index (χ4v) is 12.8. The lowest BCUT2D eigenvalue weighted by atomic mass is 9.72. The molecule has 0 N–H and O–H groups in total. The van der Waals surface area contributed by atoms with Crippen molar-refractivity contribution >= 4 is 82.1 Å². The van der Waals surface area contributed by atoms with Crippen LogP contribution in [0.3, 0.4) is 0 Å². The second-order valence-electron chi connectivity index (χ2n) is 20.2. The number of nitrogens with zero attached hydrogens (tertiary/aromatic N) is 6. The third-order valence-corrected chi connectivity index (χ3v) is 16.6. The van der Waals surface area contributed by atoms with E-state index < -0.39 is 5.41 Å². The van der Waals surface area contributed by atoms with Gasteiger partial charge in [0.25, 0.3) is 0 Å². The van der Waals surface area contributed by atoms with Crippen LogP contribution in [0.5, 0.6) is 0 Å². The summed E-state index contributed by atoms with van der Waals surface area (Å²) in [7, 11) is 0. The van der Waals surface area contributed by atoms with Gasteiger partial charge in [-0.15, -0.1) is 11.3 Å². The minimum Gasteiger partial charge on any atom is -0.310 e. The highest BCUT2D eigenvalue weighted by atomic mass is 32.1. The highest BCUT2D eigenvalue weighted by molar-refractivity contribution is 7.22. The Bertz CT molecular complexity index is 4600. The molecule has 10 aromatic carbocycles. The summed E-state index contributed by atoms with van der Waals surface area (Å²) < 4.78 is 3.34. The van der Waals surface area contributed by atoms with Crippen LogP contribution in [-0.4, -0.2) is 24.5 Å². The van der Waals surface area contributed by atoms with Gasteiger partial charge in [-0.2, -0.15) is 0 Å². The lowest BCUT2D eigenvalue weighted by Gasteiger charge is -2.42. The van der Waals surface area contributed by atoms with E-state index in [1.54, 1.807) is 11.3 Å². The van der Waals surface area contributed by atoms with Gasteiger partial charge in [-0.25, -0.2) is 19.9 Å². The molecule has 1 aliphatic rings. The average Bonchev–Trinajstić information content (AvgIpc) is 4.08. The van der Waals surface area contributed by atoms with E-state index in [9.17, 15) is 0 Å². The van der Waals surface area contributed by atoms with Crippen LogP contribution in [0.2, 0.25) is 0 Å². The quantitative estimate of drug-likeness (QED) is 0.159. The van der Waals surface area contributed by atoms with Crippen LogP contribution < -0.4 is 4.90 Å². The molecule has 0 unspecified atom stereocenters. The topological polar surface area (TPSA) is 59.7 Å². The Kier molecular flexibility index (Phi) is 9.99. The molecule has 0 atom stereocenters. The second-order valence-corrected chi connectivity index (χ2v) is 21.3. The van der Waals surface area contributed by atoms with Crippen molar-refractivity contribution < 1.29 is 0 Å². The Morgan fingerprint density at radius 2 is 0.974 bits per heavy atom. The zero-order valence-corrected chi connectivity index (χ0v) is 42.5. The normalized spacial score (nSPS) is 12.9. The number of hydrogen-bond donors (Lipinski definition) is 0. The molecule has 0 saturated heterocycles. The number of fused-ring (bicyclic) bond motifs is 9. The molecule has 1 aliphatic heterocycles. The molecule has 7 heteroatoms. The monoisotopic (exact) mass is 990 g/mol. The van der Waals surface area contributed by atoms with Crippen molar-refractivity contribution in [1.82, 2.24) is 24.5 Å². The van der Waals surface area contributed by atoms with Crippen molar-refractivity contribution in [2.45, 2.75) is 19.3 Å². The molecule has 0 aliphatic carbocycles. The maximum atomic E-state index is 5.41. The third-order valence-electron chi connectivity index (χ3n) is 15.4.